The number of aliphatic hydroxyl groups is 1. The smallest absolute Gasteiger partial charge is 0.215 e. The molecular formula is C9H11BrClNO3S. The Labute approximate surface area is 108 Å². The highest BCUT2D eigenvalue weighted by Crippen LogP contribution is 2.22. The fourth-order valence-corrected chi connectivity index (χ4v) is 3.27. The van der Waals surface area contributed by atoms with E-state index < -0.39 is 10.0 Å². The molecule has 0 aromatic heterocycles. The first-order valence-electron chi connectivity index (χ1n) is 4.47. The molecule has 0 aliphatic carbocycles. The van der Waals surface area contributed by atoms with Crippen LogP contribution in [0, 0.1) is 0 Å². The Hall–Kier alpha value is -0.140. The van der Waals surface area contributed by atoms with E-state index in [4.69, 9.17) is 16.7 Å². The van der Waals surface area contributed by atoms with E-state index in [2.05, 4.69) is 20.7 Å². The standard InChI is InChI=1S/C9H11BrClNO3S/c10-9-5-8(11)2-1-7(9)6-16(14,15)12-3-4-13/h1-2,5,12-13H,3-4,6H2. The van der Waals surface area contributed by atoms with Crippen LogP contribution >= 0.6 is 27.5 Å². The number of hydrogen-bond donors (Lipinski definition) is 2. The van der Waals surface area contributed by atoms with Gasteiger partial charge < -0.3 is 5.11 Å². The molecule has 90 valence electrons. The van der Waals surface area contributed by atoms with E-state index in [1.54, 1.807) is 18.2 Å². The monoisotopic (exact) mass is 327 g/mol. The third-order valence-electron chi connectivity index (χ3n) is 1.79. The summed E-state index contributed by atoms with van der Waals surface area (Å²) >= 11 is 8.99. The van der Waals surface area contributed by atoms with Crippen molar-refractivity contribution in [1.29, 1.82) is 0 Å². The van der Waals surface area contributed by atoms with Crippen molar-refractivity contribution in [3.05, 3.63) is 33.3 Å². The van der Waals surface area contributed by atoms with Crippen molar-refractivity contribution in [1.82, 2.24) is 4.72 Å². The fourth-order valence-electron chi connectivity index (χ4n) is 1.10. The van der Waals surface area contributed by atoms with Gasteiger partial charge in [0, 0.05) is 16.0 Å². The lowest BCUT2D eigenvalue weighted by molar-refractivity contribution is 0.301. The van der Waals surface area contributed by atoms with Gasteiger partial charge in [-0.25, -0.2) is 13.1 Å². The van der Waals surface area contributed by atoms with Crippen molar-refractivity contribution in [2.75, 3.05) is 13.2 Å². The van der Waals surface area contributed by atoms with Crippen LogP contribution in [0.3, 0.4) is 0 Å². The molecule has 0 radical (unpaired) electrons. The van der Waals surface area contributed by atoms with Crippen LogP contribution in [0.4, 0.5) is 0 Å². The summed E-state index contributed by atoms with van der Waals surface area (Å²) < 4.78 is 26.0. The maximum atomic E-state index is 11.5. The first-order valence-corrected chi connectivity index (χ1v) is 7.29. The summed E-state index contributed by atoms with van der Waals surface area (Å²) in [4.78, 5) is 0. The minimum atomic E-state index is -3.42. The second-order valence-corrected chi connectivity index (χ2v) is 6.21. The van der Waals surface area contributed by atoms with Crippen LogP contribution in [0.2, 0.25) is 5.02 Å². The first kappa shape index (κ1) is 13.9. The van der Waals surface area contributed by atoms with Crippen molar-refractivity contribution in [3.63, 3.8) is 0 Å². The summed E-state index contributed by atoms with van der Waals surface area (Å²) in [6.07, 6.45) is 0. The molecule has 0 bridgehead atoms. The van der Waals surface area contributed by atoms with Gasteiger partial charge in [-0.05, 0) is 17.7 Å². The zero-order valence-electron chi connectivity index (χ0n) is 8.28. The van der Waals surface area contributed by atoms with E-state index in [0.29, 0.717) is 15.1 Å². The molecule has 1 aromatic carbocycles. The van der Waals surface area contributed by atoms with Crippen LogP contribution in [-0.4, -0.2) is 26.7 Å². The van der Waals surface area contributed by atoms with Gasteiger partial charge in [-0.1, -0.05) is 33.6 Å². The van der Waals surface area contributed by atoms with Crippen LogP contribution in [0.5, 0.6) is 0 Å². The molecule has 0 spiro atoms. The molecule has 2 N–H and O–H groups in total. The number of rotatable bonds is 5. The molecule has 0 atom stereocenters. The average molecular weight is 329 g/mol. The predicted molar refractivity (Wildman–Crippen MR) is 66.9 cm³/mol. The molecule has 0 heterocycles. The van der Waals surface area contributed by atoms with Crippen LogP contribution in [0.25, 0.3) is 0 Å². The maximum Gasteiger partial charge on any atom is 0.215 e. The molecule has 0 saturated carbocycles. The topological polar surface area (TPSA) is 66.4 Å². The predicted octanol–water partition coefficient (Wildman–Crippen LogP) is 1.51. The zero-order valence-corrected chi connectivity index (χ0v) is 11.4. The molecule has 0 saturated heterocycles. The zero-order chi connectivity index (χ0) is 12.2. The number of aliphatic hydroxyl groups excluding tert-OH is 1. The maximum absolute atomic E-state index is 11.5. The highest BCUT2D eigenvalue weighted by atomic mass is 79.9. The number of halogens is 2. The second-order valence-electron chi connectivity index (χ2n) is 3.11. The SMILES string of the molecule is O=S(=O)(Cc1ccc(Cl)cc1Br)NCCO. The quantitative estimate of drug-likeness (QED) is 0.861. The summed E-state index contributed by atoms with van der Waals surface area (Å²) in [5.41, 5.74) is 0.620. The average Bonchev–Trinajstić information content (AvgIpc) is 2.19. The van der Waals surface area contributed by atoms with Crippen LogP contribution in [0.15, 0.2) is 22.7 Å². The molecule has 4 nitrogen and oxygen atoms in total. The Morgan fingerprint density at radius 2 is 2.12 bits per heavy atom. The number of benzene rings is 1. The van der Waals surface area contributed by atoms with Crippen LogP contribution < -0.4 is 4.72 Å². The largest absolute Gasteiger partial charge is 0.395 e. The fraction of sp³-hybridized carbons (Fsp3) is 0.333. The normalized spacial score (nSPS) is 11.7. The number of hydrogen-bond acceptors (Lipinski definition) is 3. The first-order chi connectivity index (χ1) is 7.44. The van der Waals surface area contributed by atoms with Crippen LogP contribution in [0.1, 0.15) is 5.56 Å². The summed E-state index contributed by atoms with van der Waals surface area (Å²) in [6, 6.07) is 4.91. The lowest BCUT2D eigenvalue weighted by Crippen LogP contribution is -2.27. The molecular weight excluding hydrogens is 318 g/mol. The molecule has 1 aromatic rings. The van der Waals surface area contributed by atoms with Gasteiger partial charge in [0.15, 0.2) is 0 Å². The molecule has 0 unspecified atom stereocenters. The third kappa shape index (κ3) is 4.39. The minimum absolute atomic E-state index is 0.0214. The van der Waals surface area contributed by atoms with E-state index in [0.717, 1.165) is 0 Å². The van der Waals surface area contributed by atoms with Crippen LogP contribution in [-0.2, 0) is 15.8 Å². The molecule has 1 rings (SSSR count). The van der Waals surface area contributed by atoms with Gasteiger partial charge in [-0.2, -0.15) is 0 Å². The van der Waals surface area contributed by atoms with Crippen molar-refractivity contribution in [3.8, 4) is 0 Å². The molecule has 0 aliphatic rings. The van der Waals surface area contributed by atoms with Crippen molar-refractivity contribution in [2.45, 2.75) is 5.75 Å². The second kappa shape index (κ2) is 5.97. The van der Waals surface area contributed by atoms with E-state index in [9.17, 15) is 8.42 Å². The van der Waals surface area contributed by atoms with E-state index in [-0.39, 0.29) is 18.9 Å². The van der Waals surface area contributed by atoms with Crippen molar-refractivity contribution in [2.24, 2.45) is 0 Å². The summed E-state index contributed by atoms with van der Waals surface area (Å²) in [6.45, 7) is -0.200. The molecule has 0 fully saturated rings. The highest BCUT2D eigenvalue weighted by Gasteiger charge is 2.12. The van der Waals surface area contributed by atoms with Gasteiger partial charge in [0.2, 0.25) is 10.0 Å². The van der Waals surface area contributed by atoms with Crippen molar-refractivity contribution < 1.29 is 13.5 Å². The van der Waals surface area contributed by atoms with Gasteiger partial charge >= 0.3 is 0 Å². The Morgan fingerprint density at radius 1 is 1.44 bits per heavy atom. The lowest BCUT2D eigenvalue weighted by Gasteiger charge is -2.07. The Bertz CT molecular complexity index is 464. The summed E-state index contributed by atoms with van der Waals surface area (Å²) in [5.74, 6) is -0.148. The van der Waals surface area contributed by atoms with Gasteiger partial charge in [0.25, 0.3) is 0 Å². The van der Waals surface area contributed by atoms with E-state index in [1.165, 1.54) is 0 Å². The third-order valence-corrected chi connectivity index (χ3v) is 4.10. The molecule has 0 aliphatic heterocycles. The molecule has 16 heavy (non-hydrogen) atoms. The number of nitrogens with one attached hydrogen (secondary N) is 1. The van der Waals surface area contributed by atoms with Gasteiger partial charge in [-0.15, -0.1) is 0 Å². The summed E-state index contributed by atoms with van der Waals surface area (Å²) in [5, 5.41) is 9.07. The lowest BCUT2D eigenvalue weighted by atomic mass is 10.2. The van der Waals surface area contributed by atoms with Gasteiger partial charge in [0.05, 0.1) is 12.4 Å². The molecule has 7 heteroatoms. The van der Waals surface area contributed by atoms with E-state index in [1.807, 2.05) is 0 Å². The van der Waals surface area contributed by atoms with E-state index >= 15 is 0 Å². The number of sulfonamides is 1. The molecule has 0 amide bonds. The Morgan fingerprint density at radius 3 is 2.69 bits per heavy atom. The minimum Gasteiger partial charge on any atom is -0.395 e. The Balaban J connectivity index is 2.80. The summed E-state index contributed by atoms with van der Waals surface area (Å²) in [7, 11) is -3.42. The van der Waals surface area contributed by atoms with Gasteiger partial charge in [-0.3, -0.25) is 0 Å². The van der Waals surface area contributed by atoms with Crippen molar-refractivity contribution >= 4 is 37.6 Å². The Kier molecular flexibility index (Phi) is 5.20. The highest BCUT2D eigenvalue weighted by molar-refractivity contribution is 9.10. The van der Waals surface area contributed by atoms with Gasteiger partial charge in [0.1, 0.15) is 0 Å².